The van der Waals surface area contributed by atoms with Gasteiger partial charge in [-0.05, 0) is 24.3 Å². The molecule has 74 valence electrons. The standard InChI is InChI=1S/C10H9ClO3/c11-8-3-1-7(2-4-8)10(12)14-6-9-5-13-9/h1-4,9H,5-6H2/t9-/m1/s1. The van der Waals surface area contributed by atoms with E-state index in [-0.39, 0.29) is 12.1 Å². The van der Waals surface area contributed by atoms with Crippen LogP contribution in [0.15, 0.2) is 24.3 Å². The van der Waals surface area contributed by atoms with Gasteiger partial charge in [0.1, 0.15) is 12.7 Å². The number of hydrogen-bond donors (Lipinski definition) is 0. The lowest BCUT2D eigenvalue weighted by Crippen LogP contribution is -2.09. The van der Waals surface area contributed by atoms with E-state index in [1.807, 2.05) is 0 Å². The molecule has 0 aliphatic carbocycles. The van der Waals surface area contributed by atoms with Crippen LogP contribution in [0.5, 0.6) is 0 Å². The SMILES string of the molecule is O=C(OC[C@H]1CO1)c1ccc(Cl)cc1. The van der Waals surface area contributed by atoms with Crippen molar-refractivity contribution in [3.63, 3.8) is 0 Å². The van der Waals surface area contributed by atoms with Gasteiger partial charge in [0.25, 0.3) is 0 Å². The second-order valence-electron chi connectivity index (χ2n) is 3.06. The van der Waals surface area contributed by atoms with Crippen LogP contribution in [0.4, 0.5) is 0 Å². The Labute approximate surface area is 86.6 Å². The Hall–Kier alpha value is -1.06. The van der Waals surface area contributed by atoms with Crippen LogP contribution in [0.2, 0.25) is 5.02 Å². The molecule has 0 spiro atoms. The highest BCUT2D eigenvalue weighted by Gasteiger charge is 2.24. The Kier molecular flexibility index (Phi) is 2.70. The number of carbonyl (C=O) groups is 1. The van der Waals surface area contributed by atoms with Crippen molar-refractivity contribution in [2.45, 2.75) is 6.10 Å². The molecule has 1 aliphatic heterocycles. The van der Waals surface area contributed by atoms with Crippen LogP contribution in [0, 0.1) is 0 Å². The lowest BCUT2D eigenvalue weighted by atomic mass is 10.2. The molecule has 4 heteroatoms. The van der Waals surface area contributed by atoms with Crippen molar-refractivity contribution in [1.82, 2.24) is 0 Å². The van der Waals surface area contributed by atoms with E-state index in [9.17, 15) is 4.79 Å². The molecule has 1 aliphatic rings. The molecule has 1 fully saturated rings. The Bertz CT molecular complexity index is 330. The molecule has 0 amide bonds. The third-order valence-electron chi connectivity index (χ3n) is 1.88. The van der Waals surface area contributed by atoms with Gasteiger partial charge in [0.2, 0.25) is 0 Å². The highest BCUT2D eigenvalue weighted by Crippen LogP contribution is 2.12. The van der Waals surface area contributed by atoms with Crippen molar-refractivity contribution < 1.29 is 14.3 Å². The zero-order valence-corrected chi connectivity index (χ0v) is 8.16. The summed E-state index contributed by atoms with van der Waals surface area (Å²) in [6, 6.07) is 6.59. The number of benzene rings is 1. The minimum Gasteiger partial charge on any atom is -0.459 e. The molecule has 1 heterocycles. The molecule has 1 aromatic carbocycles. The number of epoxide rings is 1. The first-order valence-corrected chi connectivity index (χ1v) is 4.68. The van der Waals surface area contributed by atoms with E-state index in [0.717, 1.165) is 0 Å². The molecule has 14 heavy (non-hydrogen) atoms. The maximum absolute atomic E-state index is 11.4. The monoisotopic (exact) mass is 212 g/mol. The number of halogens is 1. The minimum absolute atomic E-state index is 0.103. The molecule has 0 saturated carbocycles. The van der Waals surface area contributed by atoms with Crippen molar-refractivity contribution in [2.75, 3.05) is 13.2 Å². The Morgan fingerprint density at radius 2 is 2.14 bits per heavy atom. The van der Waals surface area contributed by atoms with Gasteiger partial charge in [-0.25, -0.2) is 4.79 Å². The van der Waals surface area contributed by atoms with Crippen molar-refractivity contribution >= 4 is 17.6 Å². The normalized spacial score (nSPS) is 19.1. The number of rotatable bonds is 3. The van der Waals surface area contributed by atoms with Gasteiger partial charge in [-0.1, -0.05) is 11.6 Å². The van der Waals surface area contributed by atoms with Crippen LogP contribution < -0.4 is 0 Å². The summed E-state index contributed by atoms with van der Waals surface area (Å²) in [5.41, 5.74) is 0.509. The quantitative estimate of drug-likeness (QED) is 0.568. The number of esters is 1. The summed E-state index contributed by atoms with van der Waals surface area (Å²) < 4.78 is 9.90. The first kappa shape index (κ1) is 9.49. The third-order valence-corrected chi connectivity index (χ3v) is 2.13. The molecule has 1 saturated heterocycles. The maximum Gasteiger partial charge on any atom is 0.338 e. The molecule has 2 rings (SSSR count). The fourth-order valence-electron chi connectivity index (χ4n) is 1.00. The Balaban J connectivity index is 1.92. The fourth-order valence-corrected chi connectivity index (χ4v) is 1.13. The molecule has 0 N–H and O–H groups in total. The summed E-state index contributed by atoms with van der Waals surface area (Å²) in [6.45, 7) is 1.02. The molecular formula is C10H9ClO3. The third kappa shape index (κ3) is 2.47. The predicted octanol–water partition coefficient (Wildman–Crippen LogP) is 1.90. The Morgan fingerprint density at radius 1 is 1.50 bits per heavy atom. The van der Waals surface area contributed by atoms with Gasteiger partial charge < -0.3 is 9.47 Å². The lowest BCUT2D eigenvalue weighted by Gasteiger charge is -2.02. The smallest absolute Gasteiger partial charge is 0.338 e. The average Bonchev–Trinajstić information content (AvgIpc) is 2.99. The molecule has 0 unspecified atom stereocenters. The number of hydrogen-bond acceptors (Lipinski definition) is 3. The van der Waals surface area contributed by atoms with Crippen LogP contribution in [0.25, 0.3) is 0 Å². The van der Waals surface area contributed by atoms with Crippen molar-refractivity contribution in [1.29, 1.82) is 0 Å². The molecule has 1 aromatic rings. The van der Waals surface area contributed by atoms with Gasteiger partial charge in [-0.15, -0.1) is 0 Å². The van der Waals surface area contributed by atoms with Gasteiger partial charge in [0, 0.05) is 5.02 Å². The summed E-state index contributed by atoms with van der Waals surface area (Å²) in [5, 5.41) is 0.604. The maximum atomic E-state index is 11.4. The van der Waals surface area contributed by atoms with Gasteiger partial charge in [-0.2, -0.15) is 0 Å². The molecule has 1 atom stereocenters. The zero-order valence-electron chi connectivity index (χ0n) is 7.40. The van der Waals surface area contributed by atoms with E-state index < -0.39 is 0 Å². The van der Waals surface area contributed by atoms with E-state index in [2.05, 4.69) is 0 Å². The molecule has 0 radical (unpaired) electrons. The second kappa shape index (κ2) is 3.98. The largest absolute Gasteiger partial charge is 0.459 e. The highest BCUT2D eigenvalue weighted by atomic mass is 35.5. The van der Waals surface area contributed by atoms with Gasteiger partial charge >= 0.3 is 5.97 Å². The van der Waals surface area contributed by atoms with E-state index in [1.54, 1.807) is 24.3 Å². The van der Waals surface area contributed by atoms with Crippen LogP contribution in [0.3, 0.4) is 0 Å². The van der Waals surface area contributed by atoms with Gasteiger partial charge in [0.05, 0.1) is 12.2 Å². The van der Waals surface area contributed by atoms with E-state index in [1.165, 1.54) is 0 Å². The van der Waals surface area contributed by atoms with E-state index >= 15 is 0 Å². The topological polar surface area (TPSA) is 38.8 Å². The zero-order chi connectivity index (χ0) is 9.97. The van der Waals surface area contributed by atoms with Crippen LogP contribution >= 0.6 is 11.6 Å². The molecule has 0 aromatic heterocycles. The lowest BCUT2D eigenvalue weighted by molar-refractivity contribution is 0.0476. The first-order chi connectivity index (χ1) is 6.75. The second-order valence-corrected chi connectivity index (χ2v) is 3.50. The predicted molar refractivity (Wildman–Crippen MR) is 51.5 cm³/mol. The summed E-state index contributed by atoms with van der Waals surface area (Å²) in [7, 11) is 0. The Morgan fingerprint density at radius 3 is 2.71 bits per heavy atom. The van der Waals surface area contributed by atoms with E-state index in [4.69, 9.17) is 21.1 Å². The van der Waals surface area contributed by atoms with Crippen LogP contribution in [-0.4, -0.2) is 25.3 Å². The average molecular weight is 213 g/mol. The fraction of sp³-hybridized carbons (Fsp3) is 0.300. The summed E-state index contributed by atoms with van der Waals surface area (Å²) in [4.78, 5) is 11.4. The summed E-state index contributed by atoms with van der Waals surface area (Å²) in [6.07, 6.45) is 0.103. The molecule has 3 nitrogen and oxygen atoms in total. The summed E-state index contributed by atoms with van der Waals surface area (Å²) in [5.74, 6) is -0.336. The van der Waals surface area contributed by atoms with Crippen LogP contribution in [-0.2, 0) is 9.47 Å². The number of carbonyl (C=O) groups excluding carboxylic acids is 1. The van der Waals surface area contributed by atoms with Gasteiger partial charge in [0.15, 0.2) is 0 Å². The first-order valence-electron chi connectivity index (χ1n) is 4.30. The van der Waals surface area contributed by atoms with Crippen LogP contribution in [0.1, 0.15) is 10.4 Å². The molecule has 0 bridgehead atoms. The molecular weight excluding hydrogens is 204 g/mol. The highest BCUT2D eigenvalue weighted by molar-refractivity contribution is 6.30. The van der Waals surface area contributed by atoms with Gasteiger partial charge in [-0.3, -0.25) is 0 Å². The number of ether oxygens (including phenoxy) is 2. The summed E-state index contributed by atoms with van der Waals surface area (Å²) >= 11 is 5.68. The van der Waals surface area contributed by atoms with Crippen molar-refractivity contribution in [3.05, 3.63) is 34.9 Å². The van der Waals surface area contributed by atoms with Crippen molar-refractivity contribution in [2.24, 2.45) is 0 Å². The van der Waals surface area contributed by atoms with Crippen molar-refractivity contribution in [3.8, 4) is 0 Å². The minimum atomic E-state index is -0.336. The van der Waals surface area contributed by atoms with E-state index in [0.29, 0.717) is 23.8 Å².